The van der Waals surface area contributed by atoms with Crippen molar-refractivity contribution < 1.29 is 28.2 Å². The van der Waals surface area contributed by atoms with Gasteiger partial charge in [0.05, 0.1) is 12.6 Å². The molecule has 0 bridgehead atoms. The summed E-state index contributed by atoms with van der Waals surface area (Å²) in [5.74, 6) is -1.77. The van der Waals surface area contributed by atoms with Gasteiger partial charge in [-0.1, -0.05) is 38.3 Å². The summed E-state index contributed by atoms with van der Waals surface area (Å²) in [6.45, 7) is 17.6. The number of pyridine rings is 1. The molecule has 0 radical (unpaired) electrons. The zero-order valence-electron chi connectivity index (χ0n) is 23.4. The van der Waals surface area contributed by atoms with Crippen LogP contribution in [0.15, 0.2) is 21.7 Å². The Morgan fingerprint density at radius 1 is 1.27 bits per heavy atom. The van der Waals surface area contributed by atoms with Crippen molar-refractivity contribution in [2.45, 2.75) is 83.1 Å². The van der Waals surface area contributed by atoms with Crippen LogP contribution in [0.4, 0.5) is 9.18 Å². The van der Waals surface area contributed by atoms with Gasteiger partial charge in [-0.15, -0.1) is 0 Å². The summed E-state index contributed by atoms with van der Waals surface area (Å²) in [5, 5.41) is 0.176. The van der Waals surface area contributed by atoms with Crippen LogP contribution in [-0.4, -0.2) is 66.0 Å². The molecule has 1 aliphatic rings. The average Bonchev–Trinajstić information content (AvgIpc) is 2.76. The second-order valence-electron chi connectivity index (χ2n) is 11.7. The highest BCUT2D eigenvalue weighted by Gasteiger charge is 2.56. The molecule has 3 atom stereocenters. The fourth-order valence-corrected chi connectivity index (χ4v) is 6.29. The lowest BCUT2D eigenvalue weighted by atomic mass is 9.74. The van der Waals surface area contributed by atoms with Crippen LogP contribution in [0.25, 0.3) is 0 Å². The Morgan fingerprint density at radius 3 is 2.43 bits per heavy atom. The van der Waals surface area contributed by atoms with E-state index in [1.165, 1.54) is 18.2 Å². The maximum absolute atomic E-state index is 15.1. The molecule has 0 aromatic carbocycles. The zero-order valence-corrected chi connectivity index (χ0v) is 26.8. The van der Waals surface area contributed by atoms with E-state index >= 15 is 4.39 Å². The Hall–Kier alpha value is -1.50. The maximum atomic E-state index is 15.1. The minimum absolute atomic E-state index is 0.133. The van der Waals surface area contributed by atoms with Crippen molar-refractivity contribution in [1.29, 1.82) is 0 Å². The summed E-state index contributed by atoms with van der Waals surface area (Å²) in [6.07, 6.45) is 0.678. The van der Waals surface area contributed by atoms with Gasteiger partial charge in [-0.25, -0.2) is 14.7 Å². The molecule has 0 spiro atoms. The van der Waals surface area contributed by atoms with Gasteiger partial charge in [0.1, 0.15) is 17.1 Å². The van der Waals surface area contributed by atoms with Crippen molar-refractivity contribution in [1.82, 2.24) is 9.88 Å². The number of carbonyl (C=O) groups is 2. The van der Waals surface area contributed by atoms with Gasteiger partial charge in [0.2, 0.25) is 5.95 Å². The standard InChI is InChI=1S/C25H39BrFN3O5SSi/c1-16-24(5,18-13-17(26)14-28-19(18)27)29-21(36-25(16,6)20(31)33-7)30(22(32)35-23(2,3)4)15-34-11-12-37(8,9)10/h13-14,16H,11-12,15H2,1-10H3/t16?,24-,25-/m0/s1. The first kappa shape index (κ1) is 31.7. The lowest BCUT2D eigenvalue weighted by Crippen LogP contribution is -2.55. The molecule has 208 valence electrons. The third-order valence-electron chi connectivity index (χ3n) is 6.30. The molecule has 1 unspecified atom stereocenters. The highest BCUT2D eigenvalue weighted by atomic mass is 79.9. The lowest BCUT2D eigenvalue weighted by molar-refractivity contribution is -0.145. The number of ether oxygens (including phenoxy) is 3. The van der Waals surface area contributed by atoms with Gasteiger partial charge < -0.3 is 14.2 Å². The van der Waals surface area contributed by atoms with Gasteiger partial charge in [0.15, 0.2) is 5.17 Å². The van der Waals surface area contributed by atoms with E-state index in [0.29, 0.717) is 11.1 Å². The molecule has 0 fully saturated rings. The molecule has 1 amide bonds. The Bertz CT molecular complexity index is 1050. The third kappa shape index (κ3) is 7.76. The number of amidine groups is 1. The van der Waals surface area contributed by atoms with E-state index in [2.05, 4.69) is 40.6 Å². The average molecular weight is 621 g/mol. The van der Waals surface area contributed by atoms with Crippen LogP contribution in [-0.2, 0) is 24.5 Å². The van der Waals surface area contributed by atoms with Gasteiger partial charge in [-0.3, -0.25) is 9.79 Å². The Kier molecular flexibility index (Phi) is 10.0. The number of aromatic nitrogens is 1. The minimum atomic E-state index is -1.37. The monoisotopic (exact) mass is 619 g/mol. The molecule has 0 saturated carbocycles. The van der Waals surface area contributed by atoms with Crippen molar-refractivity contribution in [2.24, 2.45) is 10.9 Å². The molecular formula is C25H39BrFN3O5SSi. The first-order chi connectivity index (χ1) is 16.8. The van der Waals surface area contributed by atoms with E-state index in [4.69, 9.17) is 19.2 Å². The van der Waals surface area contributed by atoms with Gasteiger partial charge >= 0.3 is 12.1 Å². The topological polar surface area (TPSA) is 90.3 Å². The normalized spacial score (nSPS) is 24.3. The molecular weight excluding hydrogens is 581 g/mol. The predicted octanol–water partition coefficient (Wildman–Crippen LogP) is 6.42. The number of aliphatic imine (C=N–C) groups is 1. The molecule has 0 N–H and O–H groups in total. The smallest absolute Gasteiger partial charge is 0.418 e. The number of esters is 1. The van der Waals surface area contributed by atoms with Crippen LogP contribution < -0.4 is 0 Å². The fraction of sp³-hybridized carbons (Fsp3) is 0.680. The van der Waals surface area contributed by atoms with E-state index in [1.54, 1.807) is 40.7 Å². The second kappa shape index (κ2) is 11.7. The third-order valence-corrected chi connectivity index (χ3v) is 9.88. The Morgan fingerprint density at radius 2 is 1.89 bits per heavy atom. The van der Waals surface area contributed by atoms with Crippen LogP contribution in [0.5, 0.6) is 0 Å². The number of hydrogen-bond donors (Lipinski definition) is 0. The summed E-state index contributed by atoms with van der Waals surface area (Å²) in [7, 11) is -0.0728. The van der Waals surface area contributed by atoms with Gasteiger partial charge in [-0.2, -0.15) is 4.39 Å². The SMILES string of the molecule is COC(=O)[C@@]1(C)SC(N(COCC[Si](C)(C)C)C(=O)OC(C)(C)C)=N[C@](C)(c2cc(Br)cnc2F)C1C. The van der Waals surface area contributed by atoms with Gasteiger partial charge in [0, 0.05) is 36.8 Å². The molecule has 37 heavy (non-hydrogen) atoms. The quantitative estimate of drug-likeness (QED) is 0.114. The molecule has 8 nitrogen and oxygen atoms in total. The number of rotatable bonds is 7. The van der Waals surface area contributed by atoms with Crippen LogP contribution in [0.3, 0.4) is 0 Å². The number of carbonyl (C=O) groups excluding carboxylic acids is 2. The summed E-state index contributed by atoms with van der Waals surface area (Å²) in [6, 6.07) is 2.49. The number of hydrogen-bond acceptors (Lipinski definition) is 8. The molecule has 1 aromatic rings. The lowest BCUT2D eigenvalue weighted by Gasteiger charge is -2.47. The summed E-state index contributed by atoms with van der Waals surface area (Å²) in [5.41, 5.74) is -1.87. The summed E-state index contributed by atoms with van der Waals surface area (Å²) < 4.78 is 31.2. The molecule has 2 heterocycles. The number of methoxy groups -OCH3 is 1. The first-order valence-electron chi connectivity index (χ1n) is 12.1. The van der Waals surface area contributed by atoms with Crippen molar-refractivity contribution in [3.8, 4) is 0 Å². The van der Waals surface area contributed by atoms with Crippen LogP contribution >= 0.6 is 27.7 Å². The molecule has 2 rings (SSSR count). The van der Waals surface area contributed by atoms with Crippen molar-refractivity contribution in [2.75, 3.05) is 20.4 Å². The predicted molar refractivity (Wildman–Crippen MR) is 151 cm³/mol. The largest absolute Gasteiger partial charge is 0.468 e. The summed E-state index contributed by atoms with van der Waals surface area (Å²) >= 11 is 4.44. The highest BCUT2D eigenvalue weighted by molar-refractivity contribution is 9.10. The first-order valence-corrected chi connectivity index (χ1v) is 17.4. The Balaban J connectivity index is 2.65. The second-order valence-corrected chi connectivity index (χ2v) is 19.7. The van der Waals surface area contributed by atoms with Crippen molar-refractivity contribution >= 4 is 53.0 Å². The number of nitrogens with zero attached hydrogens (tertiary/aromatic N) is 3. The maximum Gasteiger partial charge on any atom is 0.418 e. The van der Waals surface area contributed by atoms with E-state index in [9.17, 15) is 9.59 Å². The zero-order chi connectivity index (χ0) is 28.4. The van der Waals surface area contributed by atoms with Crippen molar-refractivity contribution in [3.63, 3.8) is 0 Å². The van der Waals surface area contributed by atoms with Crippen LogP contribution in [0.1, 0.15) is 47.1 Å². The van der Waals surface area contributed by atoms with E-state index in [-0.39, 0.29) is 17.5 Å². The van der Waals surface area contributed by atoms with Crippen molar-refractivity contribution in [3.05, 3.63) is 28.2 Å². The number of amides is 1. The van der Waals surface area contributed by atoms with Crippen LogP contribution in [0, 0.1) is 11.9 Å². The van der Waals surface area contributed by atoms with Gasteiger partial charge in [-0.05, 0) is 62.7 Å². The molecule has 0 saturated heterocycles. The van der Waals surface area contributed by atoms with Crippen LogP contribution in [0.2, 0.25) is 25.7 Å². The van der Waals surface area contributed by atoms with E-state index in [0.717, 1.165) is 17.8 Å². The van der Waals surface area contributed by atoms with E-state index in [1.807, 2.05) is 6.92 Å². The molecule has 1 aliphatic heterocycles. The number of thioether (sulfide) groups is 1. The number of halogens is 2. The molecule has 12 heteroatoms. The Labute approximate surface area is 233 Å². The van der Waals surface area contributed by atoms with E-state index < -0.39 is 47.9 Å². The minimum Gasteiger partial charge on any atom is -0.468 e. The van der Waals surface area contributed by atoms with Gasteiger partial charge in [0.25, 0.3) is 0 Å². The fourth-order valence-electron chi connectivity index (χ4n) is 3.78. The molecule has 0 aliphatic carbocycles. The summed E-state index contributed by atoms with van der Waals surface area (Å²) in [4.78, 5) is 36.5. The highest BCUT2D eigenvalue weighted by Crippen LogP contribution is 2.52. The molecule has 1 aromatic heterocycles.